The van der Waals surface area contributed by atoms with Gasteiger partial charge in [0.1, 0.15) is 0 Å². The van der Waals surface area contributed by atoms with Crippen molar-refractivity contribution in [1.82, 2.24) is 4.90 Å². The molecule has 15 heavy (non-hydrogen) atoms. The molecule has 0 unspecified atom stereocenters. The molecular formula is C13H17NO. The average molecular weight is 203 g/mol. The molecule has 2 nitrogen and oxygen atoms in total. The Balaban J connectivity index is 3.25. The van der Waals surface area contributed by atoms with Crippen molar-refractivity contribution in [1.29, 1.82) is 0 Å². The van der Waals surface area contributed by atoms with Gasteiger partial charge in [0.25, 0.3) is 0 Å². The fourth-order valence-electron chi connectivity index (χ4n) is 1.88. The molecule has 1 aromatic rings. The molecule has 0 bridgehead atoms. The molecule has 0 heterocycles. The number of nitrogens with zero attached hydrogens (tertiary/aromatic N) is 1. The Bertz CT molecular complexity index is 384. The lowest BCUT2D eigenvalue weighted by molar-refractivity contribution is -0.114. The quantitative estimate of drug-likeness (QED) is 0.692. The highest BCUT2D eigenvalue weighted by Crippen LogP contribution is 2.24. The highest BCUT2D eigenvalue weighted by Gasteiger charge is 2.10. The summed E-state index contributed by atoms with van der Waals surface area (Å²) in [7, 11) is 1.72. The van der Waals surface area contributed by atoms with Crippen LogP contribution in [0.15, 0.2) is 18.7 Å². The highest BCUT2D eigenvalue weighted by atomic mass is 16.1. The van der Waals surface area contributed by atoms with E-state index in [0.29, 0.717) is 0 Å². The topological polar surface area (TPSA) is 20.3 Å². The summed E-state index contributed by atoms with van der Waals surface area (Å²) < 4.78 is 0. The summed E-state index contributed by atoms with van der Waals surface area (Å²) in [5, 5.41) is 0. The number of aryl methyl sites for hydroxylation is 3. The molecule has 1 rings (SSSR count). The Hall–Kier alpha value is -1.57. The standard InChI is InChI=1S/C13H17NO/c1-9-6-10(2)13(11(3)7-9)12(4)14(5)8-15/h6-8H,4H2,1-3,5H3. The zero-order valence-electron chi connectivity index (χ0n) is 9.79. The third kappa shape index (κ3) is 2.27. The minimum absolute atomic E-state index is 0.750. The number of hydrogen-bond acceptors (Lipinski definition) is 1. The van der Waals surface area contributed by atoms with Gasteiger partial charge in [-0.05, 0) is 31.9 Å². The fraction of sp³-hybridized carbons (Fsp3) is 0.308. The molecule has 0 atom stereocenters. The summed E-state index contributed by atoms with van der Waals surface area (Å²) in [6.45, 7) is 10.1. The first-order chi connectivity index (χ1) is 6.97. The van der Waals surface area contributed by atoms with Crippen molar-refractivity contribution in [2.45, 2.75) is 20.8 Å². The first-order valence-electron chi connectivity index (χ1n) is 4.92. The van der Waals surface area contributed by atoms with E-state index in [9.17, 15) is 4.79 Å². The van der Waals surface area contributed by atoms with Crippen molar-refractivity contribution >= 4 is 12.1 Å². The van der Waals surface area contributed by atoms with Crippen LogP contribution in [0.3, 0.4) is 0 Å². The van der Waals surface area contributed by atoms with E-state index >= 15 is 0 Å². The van der Waals surface area contributed by atoms with Gasteiger partial charge in [-0.1, -0.05) is 24.3 Å². The molecule has 0 N–H and O–H groups in total. The Morgan fingerprint density at radius 3 is 2.13 bits per heavy atom. The fourth-order valence-corrected chi connectivity index (χ4v) is 1.88. The van der Waals surface area contributed by atoms with Crippen LogP contribution in [0, 0.1) is 20.8 Å². The minimum atomic E-state index is 0.750. The van der Waals surface area contributed by atoms with E-state index in [-0.39, 0.29) is 0 Å². The third-order valence-corrected chi connectivity index (χ3v) is 2.55. The van der Waals surface area contributed by atoms with Crippen molar-refractivity contribution in [3.63, 3.8) is 0 Å². The first kappa shape index (κ1) is 11.5. The number of carbonyl (C=O) groups is 1. The van der Waals surface area contributed by atoms with Gasteiger partial charge in [-0.25, -0.2) is 0 Å². The van der Waals surface area contributed by atoms with Gasteiger partial charge in [0.05, 0.1) is 0 Å². The van der Waals surface area contributed by atoms with Crippen molar-refractivity contribution in [2.75, 3.05) is 7.05 Å². The Kier molecular flexibility index (Phi) is 3.30. The smallest absolute Gasteiger partial charge is 0.213 e. The van der Waals surface area contributed by atoms with Crippen LogP contribution < -0.4 is 0 Å². The number of benzene rings is 1. The molecule has 80 valence electrons. The zero-order valence-corrected chi connectivity index (χ0v) is 9.79. The lowest BCUT2D eigenvalue weighted by atomic mass is 9.97. The molecule has 0 aliphatic carbocycles. The first-order valence-corrected chi connectivity index (χ1v) is 4.92. The number of amides is 1. The summed E-state index contributed by atoms with van der Waals surface area (Å²) in [6.07, 6.45) is 0.779. The molecule has 1 amide bonds. The van der Waals surface area contributed by atoms with Crippen LogP contribution in [0.5, 0.6) is 0 Å². The lowest BCUT2D eigenvalue weighted by Gasteiger charge is -2.19. The van der Waals surface area contributed by atoms with Crippen LogP contribution >= 0.6 is 0 Å². The minimum Gasteiger partial charge on any atom is -0.318 e. The molecule has 0 spiro atoms. The van der Waals surface area contributed by atoms with E-state index in [0.717, 1.165) is 28.8 Å². The normalized spacial score (nSPS) is 9.87. The maximum absolute atomic E-state index is 10.7. The number of rotatable bonds is 3. The molecule has 0 aromatic heterocycles. The second-order valence-electron chi connectivity index (χ2n) is 3.94. The summed E-state index contributed by atoms with van der Waals surface area (Å²) in [5.41, 5.74) is 5.36. The maximum atomic E-state index is 10.7. The van der Waals surface area contributed by atoms with Crippen LogP contribution in [0.25, 0.3) is 5.70 Å². The molecule has 1 aromatic carbocycles. The Morgan fingerprint density at radius 1 is 1.27 bits per heavy atom. The van der Waals surface area contributed by atoms with Crippen LogP contribution in [0.2, 0.25) is 0 Å². The van der Waals surface area contributed by atoms with Gasteiger partial charge >= 0.3 is 0 Å². The summed E-state index contributed by atoms with van der Waals surface area (Å²) in [5.74, 6) is 0. The molecule has 2 heteroatoms. The molecule has 0 radical (unpaired) electrons. The molecule has 0 saturated carbocycles. The Labute approximate surface area is 91.2 Å². The predicted octanol–water partition coefficient (Wildman–Crippen LogP) is 2.67. The third-order valence-electron chi connectivity index (χ3n) is 2.55. The molecular weight excluding hydrogens is 186 g/mol. The predicted molar refractivity (Wildman–Crippen MR) is 63.5 cm³/mol. The molecule has 0 aliphatic rings. The van der Waals surface area contributed by atoms with Crippen molar-refractivity contribution < 1.29 is 4.79 Å². The summed E-state index contributed by atoms with van der Waals surface area (Å²) in [6, 6.07) is 4.21. The number of carbonyl (C=O) groups excluding carboxylic acids is 1. The second-order valence-corrected chi connectivity index (χ2v) is 3.94. The summed E-state index contributed by atoms with van der Waals surface area (Å²) in [4.78, 5) is 12.2. The number of hydrogen-bond donors (Lipinski definition) is 0. The van der Waals surface area contributed by atoms with Gasteiger partial charge in [-0.15, -0.1) is 0 Å². The van der Waals surface area contributed by atoms with Crippen molar-refractivity contribution in [3.05, 3.63) is 41.0 Å². The van der Waals surface area contributed by atoms with Crippen molar-refractivity contribution in [3.8, 4) is 0 Å². The lowest BCUT2D eigenvalue weighted by Crippen LogP contribution is -2.14. The van der Waals surface area contributed by atoms with E-state index in [1.54, 1.807) is 7.05 Å². The van der Waals surface area contributed by atoms with Crippen LogP contribution in [-0.4, -0.2) is 18.4 Å². The average Bonchev–Trinajstić information content (AvgIpc) is 2.14. The second kappa shape index (κ2) is 4.30. The van der Waals surface area contributed by atoms with Gasteiger partial charge < -0.3 is 4.90 Å². The van der Waals surface area contributed by atoms with Gasteiger partial charge in [-0.2, -0.15) is 0 Å². The maximum Gasteiger partial charge on any atom is 0.213 e. The van der Waals surface area contributed by atoms with E-state index in [2.05, 4.69) is 25.6 Å². The molecule has 0 saturated heterocycles. The van der Waals surface area contributed by atoms with E-state index in [1.807, 2.05) is 13.8 Å². The Morgan fingerprint density at radius 2 is 1.73 bits per heavy atom. The van der Waals surface area contributed by atoms with Gasteiger partial charge in [0, 0.05) is 18.3 Å². The van der Waals surface area contributed by atoms with E-state index in [4.69, 9.17) is 0 Å². The largest absolute Gasteiger partial charge is 0.318 e. The van der Waals surface area contributed by atoms with Gasteiger partial charge in [0.15, 0.2) is 0 Å². The SMILES string of the molecule is C=C(c1c(C)cc(C)cc1C)N(C)C=O. The summed E-state index contributed by atoms with van der Waals surface area (Å²) >= 11 is 0. The van der Waals surface area contributed by atoms with E-state index in [1.165, 1.54) is 10.5 Å². The monoisotopic (exact) mass is 203 g/mol. The molecule has 0 aliphatic heterocycles. The zero-order chi connectivity index (χ0) is 11.6. The van der Waals surface area contributed by atoms with Gasteiger partial charge in [0.2, 0.25) is 6.41 Å². The highest BCUT2D eigenvalue weighted by molar-refractivity contribution is 5.75. The van der Waals surface area contributed by atoms with Gasteiger partial charge in [-0.3, -0.25) is 4.79 Å². The van der Waals surface area contributed by atoms with Crippen LogP contribution in [0.1, 0.15) is 22.3 Å². The van der Waals surface area contributed by atoms with E-state index < -0.39 is 0 Å². The van der Waals surface area contributed by atoms with Crippen LogP contribution in [-0.2, 0) is 4.79 Å². The molecule has 0 fully saturated rings. The van der Waals surface area contributed by atoms with Crippen LogP contribution in [0.4, 0.5) is 0 Å². The van der Waals surface area contributed by atoms with Crippen molar-refractivity contribution in [2.24, 2.45) is 0 Å².